The van der Waals surface area contributed by atoms with Crippen LogP contribution in [0.3, 0.4) is 0 Å². The van der Waals surface area contributed by atoms with Gasteiger partial charge in [0.15, 0.2) is 0 Å². The topological polar surface area (TPSA) is 68.0 Å². The van der Waals surface area contributed by atoms with Gasteiger partial charge in [-0.15, -0.1) is 5.10 Å². The largest absolute Gasteiger partial charge is 0.481 e. The Kier molecular flexibility index (Phi) is 3.51. The van der Waals surface area contributed by atoms with E-state index in [1.54, 1.807) is 6.92 Å². The number of rotatable bonds is 4. The lowest BCUT2D eigenvalue weighted by molar-refractivity contribution is -0.143. The van der Waals surface area contributed by atoms with Gasteiger partial charge in [-0.2, -0.15) is 13.2 Å². The molecule has 0 unspecified atom stereocenters. The number of aliphatic carboxylic acids is 1. The molecule has 0 atom stereocenters. The van der Waals surface area contributed by atoms with E-state index in [4.69, 9.17) is 5.11 Å². The fourth-order valence-electron chi connectivity index (χ4n) is 1.33. The second kappa shape index (κ2) is 4.50. The second-order valence-electron chi connectivity index (χ2n) is 3.18. The van der Waals surface area contributed by atoms with Crippen molar-refractivity contribution in [3.05, 3.63) is 11.4 Å². The molecule has 0 spiro atoms. The molecule has 0 bridgehead atoms. The number of carboxylic acid groups (broad SMARTS) is 1. The molecule has 16 heavy (non-hydrogen) atoms. The van der Waals surface area contributed by atoms with Gasteiger partial charge >= 0.3 is 12.1 Å². The Hall–Kier alpha value is -1.60. The third-order valence-corrected chi connectivity index (χ3v) is 1.90. The first kappa shape index (κ1) is 12.5. The summed E-state index contributed by atoms with van der Waals surface area (Å²) in [6, 6.07) is 0. The lowest BCUT2D eigenvalue weighted by atomic mass is 10.2. The Morgan fingerprint density at radius 1 is 1.50 bits per heavy atom. The smallest absolute Gasteiger partial charge is 0.408 e. The lowest BCUT2D eigenvalue weighted by Crippen LogP contribution is -2.20. The van der Waals surface area contributed by atoms with E-state index in [2.05, 4.69) is 10.3 Å². The standard InChI is InChI=1S/C8H10F3N3O2/c1-2-6-5(3-7(15)16)12-13-14(6)4-8(9,10)11/h2-4H2,1H3,(H,15,16). The van der Waals surface area contributed by atoms with E-state index in [9.17, 15) is 18.0 Å². The first-order valence-corrected chi connectivity index (χ1v) is 4.53. The van der Waals surface area contributed by atoms with Crippen LogP contribution in [-0.4, -0.2) is 32.2 Å². The Bertz CT molecular complexity index is 386. The minimum atomic E-state index is -4.39. The van der Waals surface area contributed by atoms with Crippen LogP contribution in [0.25, 0.3) is 0 Å². The normalized spacial score (nSPS) is 11.8. The van der Waals surface area contributed by atoms with Gasteiger partial charge in [0.05, 0.1) is 17.8 Å². The molecule has 0 aromatic carbocycles. The zero-order valence-corrected chi connectivity index (χ0v) is 8.45. The summed E-state index contributed by atoms with van der Waals surface area (Å²) in [5.74, 6) is -1.14. The second-order valence-corrected chi connectivity index (χ2v) is 3.18. The molecule has 1 aromatic rings. The van der Waals surface area contributed by atoms with E-state index >= 15 is 0 Å². The molecule has 0 saturated heterocycles. The van der Waals surface area contributed by atoms with Crippen LogP contribution in [0.1, 0.15) is 18.3 Å². The van der Waals surface area contributed by atoms with Gasteiger partial charge in [0.1, 0.15) is 6.54 Å². The van der Waals surface area contributed by atoms with Crippen molar-refractivity contribution in [2.75, 3.05) is 0 Å². The SMILES string of the molecule is CCc1c(CC(=O)O)nnn1CC(F)(F)F. The molecule has 1 N–H and O–H groups in total. The Morgan fingerprint density at radius 2 is 2.12 bits per heavy atom. The first-order chi connectivity index (χ1) is 7.33. The average Bonchev–Trinajstić information content (AvgIpc) is 2.43. The molecule has 0 fully saturated rings. The van der Waals surface area contributed by atoms with E-state index in [-0.39, 0.29) is 17.8 Å². The van der Waals surface area contributed by atoms with Crippen molar-refractivity contribution >= 4 is 5.97 Å². The number of hydrogen-bond acceptors (Lipinski definition) is 3. The number of halogens is 3. The van der Waals surface area contributed by atoms with Crippen LogP contribution in [0, 0.1) is 0 Å². The predicted molar refractivity (Wildman–Crippen MR) is 46.8 cm³/mol. The molecule has 0 amide bonds. The highest BCUT2D eigenvalue weighted by atomic mass is 19.4. The highest BCUT2D eigenvalue weighted by Crippen LogP contribution is 2.19. The van der Waals surface area contributed by atoms with E-state index in [0.29, 0.717) is 4.68 Å². The van der Waals surface area contributed by atoms with Crippen LogP contribution in [0.15, 0.2) is 0 Å². The lowest BCUT2D eigenvalue weighted by Gasteiger charge is -2.08. The number of carboxylic acids is 1. The molecule has 90 valence electrons. The molecule has 1 heterocycles. The van der Waals surface area contributed by atoms with Crippen molar-refractivity contribution < 1.29 is 23.1 Å². The van der Waals surface area contributed by atoms with Crippen LogP contribution in [0.5, 0.6) is 0 Å². The molecule has 8 heteroatoms. The molecule has 1 aromatic heterocycles. The van der Waals surface area contributed by atoms with Gasteiger partial charge in [-0.1, -0.05) is 12.1 Å². The fraction of sp³-hybridized carbons (Fsp3) is 0.625. The van der Waals surface area contributed by atoms with Gasteiger partial charge < -0.3 is 5.11 Å². The average molecular weight is 237 g/mol. The monoisotopic (exact) mass is 237 g/mol. The van der Waals surface area contributed by atoms with Crippen LogP contribution >= 0.6 is 0 Å². The Balaban J connectivity index is 2.94. The molecule has 0 aliphatic carbocycles. The number of aromatic nitrogens is 3. The van der Waals surface area contributed by atoms with Crippen molar-refractivity contribution in [2.24, 2.45) is 0 Å². The van der Waals surface area contributed by atoms with Gasteiger partial charge in [-0.25, -0.2) is 4.68 Å². The van der Waals surface area contributed by atoms with Crippen LogP contribution < -0.4 is 0 Å². The summed E-state index contributed by atoms with van der Waals surface area (Å²) in [5, 5.41) is 15.3. The van der Waals surface area contributed by atoms with Gasteiger partial charge in [0.25, 0.3) is 0 Å². The van der Waals surface area contributed by atoms with Crippen LogP contribution in [-0.2, 0) is 24.2 Å². The zero-order chi connectivity index (χ0) is 12.3. The van der Waals surface area contributed by atoms with Gasteiger partial charge in [-0.05, 0) is 6.42 Å². The summed E-state index contributed by atoms with van der Waals surface area (Å²) in [7, 11) is 0. The molecule has 0 saturated carbocycles. The van der Waals surface area contributed by atoms with Crippen LogP contribution in [0.2, 0.25) is 0 Å². The number of alkyl halides is 3. The minimum Gasteiger partial charge on any atom is -0.481 e. The molecule has 1 rings (SSSR count). The number of hydrogen-bond donors (Lipinski definition) is 1. The summed E-state index contributed by atoms with van der Waals surface area (Å²) < 4.78 is 37.1. The van der Waals surface area contributed by atoms with Crippen molar-refractivity contribution in [1.29, 1.82) is 0 Å². The van der Waals surface area contributed by atoms with E-state index in [0.717, 1.165) is 0 Å². The van der Waals surface area contributed by atoms with Gasteiger partial charge in [-0.3, -0.25) is 4.79 Å². The molecule has 5 nitrogen and oxygen atoms in total. The summed E-state index contributed by atoms with van der Waals surface area (Å²) >= 11 is 0. The third kappa shape index (κ3) is 3.21. The zero-order valence-electron chi connectivity index (χ0n) is 8.45. The van der Waals surface area contributed by atoms with Gasteiger partial charge in [0, 0.05) is 0 Å². The van der Waals surface area contributed by atoms with Crippen molar-refractivity contribution in [1.82, 2.24) is 15.0 Å². The Morgan fingerprint density at radius 3 is 2.56 bits per heavy atom. The summed E-state index contributed by atoms with van der Waals surface area (Å²) in [6.45, 7) is 0.375. The number of nitrogens with zero attached hydrogens (tertiary/aromatic N) is 3. The van der Waals surface area contributed by atoms with Crippen molar-refractivity contribution in [2.45, 2.75) is 32.5 Å². The number of carbonyl (C=O) groups is 1. The molecule has 0 radical (unpaired) electrons. The summed E-state index contributed by atoms with van der Waals surface area (Å²) in [6.07, 6.45) is -4.55. The third-order valence-electron chi connectivity index (χ3n) is 1.90. The van der Waals surface area contributed by atoms with Crippen molar-refractivity contribution in [3.8, 4) is 0 Å². The highest BCUT2D eigenvalue weighted by Gasteiger charge is 2.30. The summed E-state index contributed by atoms with van der Waals surface area (Å²) in [4.78, 5) is 10.4. The maximum Gasteiger partial charge on any atom is 0.408 e. The van der Waals surface area contributed by atoms with Crippen molar-refractivity contribution in [3.63, 3.8) is 0 Å². The van der Waals surface area contributed by atoms with E-state index in [1.807, 2.05) is 0 Å². The molecular weight excluding hydrogens is 227 g/mol. The van der Waals surface area contributed by atoms with E-state index < -0.39 is 25.1 Å². The fourth-order valence-corrected chi connectivity index (χ4v) is 1.33. The van der Waals surface area contributed by atoms with Gasteiger partial charge in [0.2, 0.25) is 0 Å². The first-order valence-electron chi connectivity index (χ1n) is 4.53. The van der Waals surface area contributed by atoms with Crippen LogP contribution in [0.4, 0.5) is 13.2 Å². The molecular formula is C8H10F3N3O2. The maximum atomic E-state index is 12.1. The quantitative estimate of drug-likeness (QED) is 0.849. The predicted octanol–water partition coefficient (Wildman–Crippen LogP) is 1.03. The Labute approximate surface area is 88.9 Å². The maximum absolute atomic E-state index is 12.1. The minimum absolute atomic E-state index is 0.0826. The molecule has 0 aliphatic rings. The highest BCUT2D eigenvalue weighted by molar-refractivity contribution is 5.69. The van der Waals surface area contributed by atoms with E-state index in [1.165, 1.54) is 0 Å². The molecule has 0 aliphatic heterocycles. The summed E-state index contributed by atoms with van der Waals surface area (Å²) in [5.41, 5.74) is 0.291.